The zero-order valence-corrected chi connectivity index (χ0v) is 15.0. The van der Waals surface area contributed by atoms with Crippen molar-refractivity contribution >= 4 is 5.91 Å². The van der Waals surface area contributed by atoms with Crippen LogP contribution in [-0.4, -0.2) is 27.2 Å². The van der Waals surface area contributed by atoms with E-state index in [-0.39, 0.29) is 23.9 Å². The first-order valence-electron chi connectivity index (χ1n) is 9.01. The van der Waals surface area contributed by atoms with Crippen LogP contribution in [0, 0.1) is 5.92 Å². The third kappa shape index (κ3) is 3.74. The molecular formula is C20H22N6O. The van der Waals surface area contributed by atoms with Gasteiger partial charge in [0, 0.05) is 6.54 Å². The average molecular weight is 362 g/mol. The summed E-state index contributed by atoms with van der Waals surface area (Å²) in [5.74, 6) is -0.126. The summed E-state index contributed by atoms with van der Waals surface area (Å²) in [6.45, 7) is 2.60. The minimum absolute atomic E-state index is 0.0342. The summed E-state index contributed by atoms with van der Waals surface area (Å²) in [6, 6.07) is 17.9. The summed E-state index contributed by atoms with van der Waals surface area (Å²) in [7, 11) is 0. The Balaban J connectivity index is 1.43. The standard InChI is InChI=1S/C20H22N6O/c1-14(15-7-9-17(10-8-15)26-13-21-12-23-26)24-20(27)18-11-22-25-19(18)16-5-3-2-4-6-16/h2-10,12-14,18-19,22,25H,11H2,1H3,(H,24,27). The number of rotatable bonds is 5. The Hall–Kier alpha value is -3.03. The fraction of sp³-hybridized carbons (Fsp3) is 0.250. The highest BCUT2D eigenvalue weighted by molar-refractivity contribution is 5.80. The van der Waals surface area contributed by atoms with Crippen LogP contribution < -0.4 is 16.2 Å². The second-order valence-electron chi connectivity index (χ2n) is 6.68. The molecule has 1 saturated heterocycles. The number of carbonyl (C=O) groups excluding carboxylic acids is 1. The molecule has 0 radical (unpaired) electrons. The molecule has 0 bridgehead atoms. The monoisotopic (exact) mass is 362 g/mol. The summed E-state index contributed by atoms with van der Waals surface area (Å²) in [6.07, 6.45) is 3.16. The van der Waals surface area contributed by atoms with Gasteiger partial charge in [-0.1, -0.05) is 42.5 Å². The highest BCUT2D eigenvalue weighted by Crippen LogP contribution is 2.26. The summed E-state index contributed by atoms with van der Waals surface area (Å²) >= 11 is 0. The maximum absolute atomic E-state index is 12.9. The van der Waals surface area contributed by atoms with E-state index in [4.69, 9.17) is 0 Å². The fourth-order valence-corrected chi connectivity index (χ4v) is 3.38. The molecule has 0 saturated carbocycles. The summed E-state index contributed by atoms with van der Waals surface area (Å²) in [4.78, 5) is 16.8. The third-order valence-corrected chi connectivity index (χ3v) is 4.91. The van der Waals surface area contributed by atoms with E-state index in [9.17, 15) is 4.79 Å². The molecular weight excluding hydrogens is 340 g/mol. The third-order valence-electron chi connectivity index (χ3n) is 4.91. The van der Waals surface area contributed by atoms with Crippen molar-refractivity contribution in [2.75, 3.05) is 6.54 Å². The number of nitrogens with zero attached hydrogens (tertiary/aromatic N) is 3. The predicted molar refractivity (Wildman–Crippen MR) is 102 cm³/mol. The molecule has 3 atom stereocenters. The Morgan fingerprint density at radius 2 is 1.96 bits per heavy atom. The van der Waals surface area contributed by atoms with E-state index in [1.54, 1.807) is 11.0 Å². The minimum Gasteiger partial charge on any atom is -0.349 e. The molecule has 7 heteroatoms. The smallest absolute Gasteiger partial charge is 0.226 e. The SMILES string of the molecule is CC(NC(=O)C1CNNC1c1ccccc1)c1ccc(-n2cncn2)cc1. The van der Waals surface area contributed by atoms with Crippen molar-refractivity contribution in [1.29, 1.82) is 0 Å². The Bertz CT molecular complexity index is 879. The zero-order valence-electron chi connectivity index (χ0n) is 15.0. The first-order valence-corrected chi connectivity index (χ1v) is 9.01. The van der Waals surface area contributed by atoms with Crippen molar-refractivity contribution in [2.45, 2.75) is 19.0 Å². The van der Waals surface area contributed by atoms with Gasteiger partial charge in [-0.15, -0.1) is 0 Å². The van der Waals surface area contributed by atoms with Gasteiger partial charge in [0.2, 0.25) is 5.91 Å². The lowest BCUT2D eigenvalue weighted by atomic mass is 9.93. The summed E-state index contributed by atoms with van der Waals surface area (Å²) in [5, 5.41) is 7.26. The molecule has 2 heterocycles. The molecule has 4 rings (SSSR count). The van der Waals surface area contributed by atoms with Crippen LogP contribution in [0.25, 0.3) is 5.69 Å². The Morgan fingerprint density at radius 3 is 2.67 bits per heavy atom. The molecule has 27 heavy (non-hydrogen) atoms. The van der Waals surface area contributed by atoms with Crippen LogP contribution in [0.3, 0.4) is 0 Å². The lowest BCUT2D eigenvalue weighted by Gasteiger charge is -2.21. The first kappa shape index (κ1) is 17.4. The molecule has 0 spiro atoms. The van der Waals surface area contributed by atoms with Crippen LogP contribution in [0.1, 0.15) is 30.1 Å². The van der Waals surface area contributed by atoms with E-state index in [2.05, 4.69) is 26.3 Å². The van der Waals surface area contributed by atoms with Gasteiger partial charge in [0.1, 0.15) is 12.7 Å². The van der Waals surface area contributed by atoms with Gasteiger partial charge in [0.05, 0.1) is 23.7 Å². The molecule has 1 amide bonds. The summed E-state index contributed by atoms with van der Waals surface area (Å²) in [5.41, 5.74) is 9.41. The van der Waals surface area contributed by atoms with Gasteiger partial charge in [-0.05, 0) is 30.2 Å². The van der Waals surface area contributed by atoms with Crippen molar-refractivity contribution in [3.8, 4) is 5.69 Å². The van der Waals surface area contributed by atoms with Crippen LogP contribution in [0.5, 0.6) is 0 Å². The van der Waals surface area contributed by atoms with Crippen LogP contribution in [0.4, 0.5) is 0 Å². The molecule has 1 aliphatic rings. The van der Waals surface area contributed by atoms with Crippen LogP contribution in [0.2, 0.25) is 0 Å². The van der Waals surface area contributed by atoms with E-state index in [0.29, 0.717) is 6.54 Å². The minimum atomic E-state index is -0.163. The van der Waals surface area contributed by atoms with Crippen molar-refractivity contribution in [1.82, 2.24) is 30.9 Å². The Kier molecular flexibility index (Phi) is 4.95. The highest BCUT2D eigenvalue weighted by atomic mass is 16.2. The maximum atomic E-state index is 12.9. The van der Waals surface area contributed by atoms with E-state index in [1.165, 1.54) is 6.33 Å². The number of aromatic nitrogens is 3. The van der Waals surface area contributed by atoms with Gasteiger partial charge in [-0.3, -0.25) is 10.2 Å². The molecule has 138 valence electrons. The molecule has 3 aromatic rings. The number of carbonyl (C=O) groups is 1. The van der Waals surface area contributed by atoms with Crippen LogP contribution >= 0.6 is 0 Å². The molecule has 1 fully saturated rings. The molecule has 7 nitrogen and oxygen atoms in total. The van der Waals surface area contributed by atoms with Gasteiger partial charge in [0.25, 0.3) is 0 Å². The maximum Gasteiger partial charge on any atom is 0.226 e. The van der Waals surface area contributed by atoms with E-state index in [1.807, 2.05) is 61.5 Å². The fourth-order valence-electron chi connectivity index (χ4n) is 3.38. The van der Waals surface area contributed by atoms with Gasteiger partial charge in [0.15, 0.2) is 0 Å². The normalized spacial score (nSPS) is 20.3. The van der Waals surface area contributed by atoms with Gasteiger partial charge < -0.3 is 5.32 Å². The number of amides is 1. The lowest BCUT2D eigenvalue weighted by molar-refractivity contribution is -0.125. The van der Waals surface area contributed by atoms with Gasteiger partial charge in [-0.2, -0.15) is 5.10 Å². The van der Waals surface area contributed by atoms with E-state index < -0.39 is 0 Å². The molecule has 1 aliphatic heterocycles. The quantitative estimate of drug-likeness (QED) is 0.646. The number of hydrazine groups is 1. The Labute approximate surface area is 157 Å². The number of benzene rings is 2. The van der Waals surface area contributed by atoms with Crippen molar-refractivity contribution < 1.29 is 4.79 Å². The first-order chi connectivity index (χ1) is 13.2. The van der Waals surface area contributed by atoms with Crippen LogP contribution in [0.15, 0.2) is 67.3 Å². The number of hydrogen-bond acceptors (Lipinski definition) is 5. The van der Waals surface area contributed by atoms with E-state index >= 15 is 0 Å². The molecule has 2 aromatic carbocycles. The highest BCUT2D eigenvalue weighted by Gasteiger charge is 2.34. The van der Waals surface area contributed by atoms with Crippen LogP contribution in [-0.2, 0) is 4.79 Å². The van der Waals surface area contributed by atoms with Gasteiger partial charge in [-0.25, -0.2) is 15.1 Å². The van der Waals surface area contributed by atoms with Crippen molar-refractivity contribution in [3.63, 3.8) is 0 Å². The molecule has 1 aromatic heterocycles. The second kappa shape index (κ2) is 7.69. The second-order valence-corrected chi connectivity index (χ2v) is 6.68. The van der Waals surface area contributed by atoms with Crippen molar-refractivity contribution in [3.05, 3.63) is 78.4 Å². The zero-order chi connectivity index (χ0) is 18.6. The Morgan fingerprint density at radius 1 is 1.19 bits per heavy atom. The van der Waals surface area contributed by atoms with E-state index in [0.717, 1.165) is 16.8 Å². The van der Waals surface area contributed by atoms with Gasteiger partial charge >= 0.3 is 0 Å². The summed E-state index contributed by atoms with van der Waals surface area (Å²) < 4.78 is 1.70. The molecule has 3 N–H and O–H groups in total. The lowest BCUT2D eigenvalue weighted by Crippen LogP contribution is -2.36. The largest absolute Gasteiger partial charge is 0.349 e. The predicted octanol–water partition coefficient (Wildman–Crippen LogP) is 1.91. The number of hydrogen-bond donors (Lipinski definition) is 3. The number of nitrogens with one attached hydrogen (secondary N) is 3. The average Bonchev–Trinajstić information content (AvgIpc) is 3.41. The topological polar surface area (TPSA) is 83.9 Å². The molecule has 0 aliphatic carbocycles. The molecule has 3 unspecified atom stereocenters. The van der Waals surface area contributed by atoms with Crippen molar-refractivity contribution in [2.24, 2.45) is 5.92 Å².